The number of halogens is 1. The Balaban J connectivity index is 2.42. The van der Waals surface area contributed by atoms with Crippen molar-refractivity contribution in [3.8, 4) is 0 Å². The van der Waals surface area contributed by atoms with Crippen molar-refractivity contribution in [2.24, 2.45) is 5.92 Å². The number of hydrogen-bond acceptors (Lipinski definition) is 5. The maximum absolute atomic E-state index is 13.6. The fourth-order valence-electron chi connectivity index (χ4n) is 2.24. The summed E-state index contributed by atoms with van der Waals surface area (Å²) < 4.78 is 25.5. The molecule has 0 radical (unpaired) electrons. The van der Waals surface area contributed by atoms with Crippen molar-refractivity contribution in [1.29, 1.82) is 0 Å². The van der Waals surface area contributed by atoms with Gasteiger partial charge >= 0.3 is 11.7 Å². The quantitative estimate of drug-likeness (QED) is 0.763. The highest BCUT2D eigenvalue weighted by Gasteiger charge is 2.43. The Morgan fingerprint density at radius 3 is 2.75 bits per heavy atom. The number of aromatic nitrogens is 2. The molecule has 1 aliphatic rings. The predicted octanol–water partition coefficient (Wildman–Crippen LogP) is 1.18. The van der Waals surface area contributed by atoms with Crippen molar-refractivity contribution in [1.82, 2.24) is 9.55 Å². The molecular weight excluding hydrogens is 267 g/mol. The lowest BCUT2D eigenvalue weighted by Crippen LogP contribution is -2.36. The Hall–Kier alpha value is -1.76. The molecule has 110 valence electrons. The summed E-state index contributed by atoms with van der Waals surface area (Å²) >= 11 is 0. The molecule has 1 aliphatic heterocycles. The fraction of sp³-hybridized carbons (Fsp3) is 0.615. The van der Waals surface area contributed by atoms with Crippen LogP contribution in [0.2, 0.25) is 0 Å². The van der Waals surface area contributed by atoms with E-state index in [9.17, 15) is 14.0 Å². The van der Waals surface area contributed by atoms with Gasteiger partial charge in [0.25, 0.3) is 0 Å². The lowest BCUT2D eigenvalue weighted by Gasteiger charge is -2.22. The van der Waals surface area contributed by atoms with Crippen LogP contribution in [0.4, 0.5) is 4.39 Å². The van der Waals surface area contributed by atoms with E-state index < -0.39 is 29.8 Å². The SMILES string of the molecule is CC(=O)OC1C(C)C(C)O[C@H]1n1cc(F)c(C)nc1=O. The third kappa shape index (κ3) is 2.58. The minimum absolute atomic E-state index is 0.0226. The molecule has 1 aromatic heterocycles. The second kappa shape index (κ2) is 5.32. The maximum atomic E-state index is 13.6. The van der Waals surface area contributed by atoms with Crippen molar-refractivity contribution in [2.45, 2.75) is 46.1 Å². The van der Waals surface area contributed by atoms with Gasteiger partial charge in [-0.3, -0.25) is 9.36 Å². The molecule has 0 aromatic carbocycles. The van der Waals surface area contributed by atoms with E-state index >= 15 is 0 Å². The zero-order valence-electron chi connectivity index (χ0n) is 11.8. The molecule has 0 amide bonds. The van der Waals surface area contributed by atoms with Crippen LogP contribution in [-0.2, 0) is 14.3 Å². The van der Waals surface area contributed by atoms with Gasteiger partial charge < -0.3 is 9.47 Å². The predicted molar refractivity (Wildman–Crippen MR) is 67.5 cm³/mol. The van der Waals surface area contributed by atoms with E-state index in [0.717, 1.165) is 10.8 Å². The van der Waals surface area contributed by atoms with Crippen LogP contribution in [-0.4, -0.2) is 27.7 Å². The fourth-order valence-corrected chi connectivity index (χ4v) is 2.24. The van der Waals surface area contributed by atoms with Crippen LogP contribution < -0.4 is 5.69 Å². The van der Waals surface area contributed by atoms with Crippen molar-refractivity contribution in [3.05, 3.63) is 28.2 Å². The average Bonchev–Trinajstić information content (AvgIpc) is 2.61. The first-order chi connectivity index (χ1) is 9.31. The summed E-state index contributed by atoms with van der Waals surface area (Å²) in [4.78, 5) is 26.7. The van der Waals surface area contributed by atoms with Crippen molar-refractivity contribution >= 4 is 5.97 Å². The molecule has 0 spiro atoms. The van der Waals surface area contributed by atoms with Gasteiger partial charge in [0.2, 0.25) is 0 Å². The lowest BCUT2D eigenvalue weighted by atomic mass is 10.0. The molecule has 1 aromatic rings. The molecule has 7 heteroatoms. The Morgan fingerprint density at radius 1 is 1.50 bits per heavy atom. The largest absolute Gasteiger partial charge is 0.457 e. The van der Waals surface area contributed by atoms with Crippen LogP contribution >= 0.6 is 0 Å². The third-order valence-electron chi connectivity index (χ3n) is 3.55. The van der Waals surface area contributed by atoms with Gasteiger partial charge in [-0.1, -0.05) is 6.92 Å². The summed E-state index contributed by atoms with van der Waals surface area (Å²) in [5, 5.41) is 0. The summed E-state index contributed by atoms with van der Waals surface area (Å²) in [6.45, 7) is 6.35. The summed E-state index contributed by atoms with van der Waals surface area (Å²) in [5.41, 5.74) is -0.610. The van der Waals surface area contributed by atoms with Crippen molar-refractivity contribution < 1.29 is 18.7 Å². The zero-order chi connectivity index (χ0) is 15.0. The Bertz CT molecular complexity index is 586. The highest BCUT2D eigenvalue weighted by atomic mass is 19.1. The maximum Gasteiger partial charge on any atom is 0.350 e. The molecule has 0 N–H and O–H groups in total. The van der Waals surface area contributed by atoms with E-state index in [-0.39, 0.29) is 17.7 Å². The normalized spacial score (nSPS) is 29.4. The molecule has 1 fully saturated rings. The topological polar surface area (TPSA) is 70.4 Å². The number of ether oxygens (including phenoxy) is 2. The number of aryl methyl sites for hydroxylation is 1. The lowest BCUT2D eigenvalue weighted by molar-refractivity contribution is -0.153. The molecule has 2 heterocycles. The summed E-state index contributed by atoms with van der Waals surface area (Å²) in [5.74, 6) is -1.19. The molecule has 0 aliphatic carbocycles. The van der Waals surface area contributed by atoms with Gasteiger partial charge in [-0.05, 0) is 13.8 Å². The number of nitrogens with zero attached hydrogens (tertiary/aromatic N) is 2. The van der Waals surface area contributed by atoms with Crippen LogP contribution in [0.3, 0.4) is 0 Å². The smallest absolute Gasteiger partial charge is 0.350 e. The second-order valence-corrected chi connectivity index (χ2v) is 5.03. The number of esters is 1. The van der Waals surface area contributed by atoms with Crippen molar-refractivity contribution in [2.75, 3.05) is 0 Å². The number of hydrogen-bond donors (Lipinski definition) is 0. The van der Waals surface area contributed by atoms with E-state index in [2.05, 4.69) is 4.98 Å². The molecule has 3 unspecified atom stereocenters. The molecular formula is C13H17FN2O4. The minimum Gasteiger partial charge on any atom is -0.457 e. The Morgan fingerprint density at radius 2 is 2.15 bits per heavy atom. The molecule has 0 saturated carbocycles. The first kappa shape index (κ1) is 14.6. The molecule has 4 atom stereocenters. The summed E-state index contributed by atoms with van der Waals surface area (Å²) in [6, 6.07) is 0. The first-order valence-corrected chi connectivity index (χ1v) is 6.39. The zero-order valence-corrected chi connectivity index (χ0v) is 11.8. The standard InChI is InChI=1S/C13H17FN2O4/c1-6-8(3)19-12(11(6)20-9(4)17)16-5-10(14)7(2)15-13(16)18/h5-6,8,11-12H,1-4H3/t6?,8?,11?,12-/m1/s1. The van der Waals surface area contributed by atoms with Crippen LogP contribution in [0, 0.1) is 18.7 Å². The van der Waals surface area contributed by atoms with Crippen LogP contribution in [0.15, 0.2) is 11.0 Å². The summed E-state index contributed by atoms with van der Waals surface area (Å²) in [6.07, 6.45) is -0.694. The highest BCUT2D eigenvalue weighted by molar-refractivity contribution is 5.66. The first-order valence-electron chi connectivity index (χ1n) is 6.39. The number of carbonyl (C=O) groups is 1. The molecule has 0 bridgehead atoms. The van der Waals surface area contributed by atoms with Gasteiger partial charge in [-0.15, -0.1) is 0 Å². The van der Waals surface area contributed by atoms with Gasteiger partial charge in [0.1, 0.15) is 0 Å². The number of carbonyl (C=O) groups excluding carboxylic acids is 1. The van der Waals surface area contributed by atoms with Crippen LogP contribution in [0.1, 0.15) is 32.7 Å². The van der Waals surface area contributed by atoms with Gasteiger partial charge in [0.15, 0.2) is 18.1 Å². The third-order valence-corrected chi connectivity index (χ3v) is 3.55. The monoisotopic (exact) mass is 284 g/mol. The average molecular weight is 284 g/mol. The minimum atomic E-state index is -0.862. The molecule has 20 heavy (non-hydrogen) atoms. The molecule has 6 nitrogen and oxygen atoms in total. The van der Waals surface area contributed by atoms with Crippen molar-refractivity contribution in [3.63, 3.8) is 0 Å². The Kier molecular flexibility index (Phi) is 3.89. The highest BCUT2D eigenvalue weighted by Crippen LogP contribution is 2.35. The van der Waals surface area contributed by atoms with Crippen LogP contribution in [0.5, 0.6) is 0 Å². The Labute approximate surface area is 115 Å². The number of rotatable bonds is 2. The summed E-state index contributed by atoms with van der Waals surface area (Å²) in [7, 11) is 0. The van der Waals surface area contributed by atoms with Crippen LogP contribution in [0.25, 0.3) is 0 Å². The van der Waals surface area contributed by atoms with E-state index in [1.165, 1.54) is 13.8 Å². The van der Waals surface area contributed by atoms with E-state index in [0.29, 0.717) is 0 Å². The second-order valence-electron chi connectivity index (χ2n) is 5.03. The van der Waals surface area contributed by atoms with E-state index in [4.69, 9.17) is 9.47 Å². The van der Waals surface area contributed by atoms with Gasteiger partial charge in [0, 0.05) is 19.0 Å². The van der Waals surface area contributed by atoms with E-state index in [1.54, 1.807) is 0 Å². The molecule has 1 saturated heterocycles. The van der Waals surface area contributed by atoms with E-state index in [1.807, 2.05) is 13.8 Å². The van der Waals surface area contributed by atoms with Gasteiger partial charge in [-0.25, -0.2) is 9.18 Å². The van der Waals surface area contributed by atoms with Gasteiger partial charge in [-0.2, -0.15) is 4.98 Å². The molecule has 2 rings (SSSR count). The van der Waals surface area contributed by atoms with Gasteiger partial charge in [0.05, 0.1) is 11.8 Å².